The first-order chi connectivity index (χ1) is 6.13. The minimum atomic E-state index is 0.650. The molecular formula is C9H14BrNOS. The number of nitrogens with zero attached hydrogens (tertiary/aromatic N) is 1. The number of oxazole rings is 1. The predicted octanol–water partition coefficient (Wildman–Crippen LogP) is 3.41. The summed E-state index contributed by atoms with van der Waals surface area (Å²) in [4.78, 5) is 4.30. The third-order valence-corrected chi connectivity index (χ3v) is 4.03. The quantitative estimate of drug-likeness (QED) is 0.615. The van der Waals surface area contributed by atoms with Crippen molar-refractivity contribution in [3.8, 4) is 0 Å². The number of rotatable bonds is 4. The van der Waals surface area contributed by atoms with Crippen molar-refractivity contribution in [1.29, 1.82) is 0 Å². The van der Waals surface area contributed by atoms with Crippen LogP contribution in [0.1, 0.15) is 18.4 Å². The number of aryl methyl sites for hydroxylation is 2. The summed E-state index contributed by atoms with van der Waals surface area (Å²) >= 11 is 5.12. The number of hydrogen-bond donors (Lipinski definition) is 0. The molecule has 0 aliphatic carbocycles. The summed E-state index contributed by atoms with van der Waals surface area (Å²) in [5.74, 6) is 2.62. The van der Waals surface area contributed by atoms with E-state index in [1.165, 1.54) is 0 Å². The Bertz CT molecular complexity index is 255. The van der Waals surface area contributed by atoms with Gasteiger partial charge in [0.05, 0.1) is 5.69 Å². The topological polar surface area (TPSA) is 26.0 Å². The molecule has 1 atom stereocenters. The number of halogens is 1. The minimum Gasteiger partial charge on any atom is -0.437 e. The first-order valence-electron chi connectivity index (χ1n) is 4.26. The summed E-state index contributed by atoms with van der Waals surface area (Å²) in [6.07, 6.45) is 0. The van der Waals surface area contributed by atoms with Crippen molar-refractivity contribution in [3.63, 3.8) is 0 Å². The molecule has 74 valence electrons. The summed E-state index contributed by atoms with van der Waals surface area (Å²) in [6, 6.07) is 0. The lowest BCUT2D eigenvalue weighted by Crippen LogP contribution is -1.98. The van der Waals surface area contributed by atoms with Crippen LogP contribution in [0.4, 0.5) is 0 Å². The maximum absolute atomic E-state index is 5.45. The standard InChI is InChI=1S/C9H14BrNOS/c1-6(4-10)5-13-9-11-7(2)8(3)12-9/h6H,4-5H2,1-3H3. The van der Waals surface area contributed by atoms with Gasteiger partial charge in [0.25, 0.3) is 5.22 Å². The van der Waals surface area contributed by atoms with Gasteiger partial charge in [0, 0.05) is 11.1 Å². The molecule has 1 rings (SSSR count). The van der Waals surface area contributed by atoms with Gasteiger partial charge in [0.2, 0.25) is 0 Å². The van der Waals surface area contributed by atoms with Crippen molar-refractivity contribution >= 4 is 27.7 Å². The van der Waals surface area contributed by atoms with Gasteiger partial charge >= 0.3 is 0 Å². The minimum absolute atomic E-state index is 0.650. The largest absolute Gasteiger partial charge is 0.437 e. The zero-order valence-corrected chi connectivity index (χ0v) is 10.5. The van der Waals surface area contributed by atoms with E-state index in [2.05, 4.69) is 27.8 Å². The fourth-order valence-corrected chi connectivity index (χ4v) is 2.23. The maximum Gasteiger partial charge on any atom is 0.256 e. The molecule has 4 heteroatoms. The Hall–Kier alpha value is 0.0400. The van der Waals surface area contributed by atoms with E-state index < -0.39 is 0 Å². The molecule has 0 radical (unpaired) electrons. The van der Waals surface area contributed by atoms with Crippen LogP contribution >= 0.6 is 27.7 Å². The molecule has 0 amide bonds. The predicted molar refractivity (Wildman–Crippen MR) is 59.7 cm³/mol. The molecular weight excluding hydrogens is 250 g/mol. The second kappa shape index (κ2) is 5.05. The van der Waals surface area contributed by atoms with Crippen LogP contribution in [0.25, 0.3) is 0 Å². The van der Waals surface area contributed by atoms with Crippen LogP contribution in [0.3, 0.4) is 0 Å². The average Bonchev–Trinajstić information content (AvgIpc) is 2.42. The smallest absolute Gasteiger partial charge is 0.256 e. The summed E-state index contributed by atoms with van der Waals surface area (Å²) in [5, 5.41) is 1.82. The van der Waals surface area contributed by atoms with Gasteiger partial charge in [-0.2, -0.15) is 0 Å². The fraction of sp³-hybridized carbons (Fsp3) is 0.667. The lowest BCUT2D eigenvalue weighted by atomic mass is 10.3. The van der Waals surface area contributed by atoms with Gasteiger partial charge in [-0.3, -0.25) is 0 Å². The van der Waals surface area contributed by atoms with Crippen molar-refractivity contribution in [2.75, 3.05) is 11.1 Å². The number of thioether (sulfide) groups is 1. The third-order valence-electron chi connectivity index (χ3n) is 1.76. The zero-order chi connectivity index (χ0) is 9.84. The van der Waals surface area contributed by atoms with E-state index in [0.29, 0.717) is 5.92 Å². The number of aromatic nitrogens is 1. The van der Waals surface area contributed by atoms with Crippen molar-refractivity contribution in [2.45, 2.75) is 26.0 Å². The molecule has 1 heterocycles. The highest BCUT2D eigenvalue weighted by Crippen LogP contribution is 2.22. The molecule has 1 aromatic heterocycles. The zero-order valence-electron chi connectivity index (χ0n) is 8.13. The van der Waals surface area contributed by atoms with Gasteiger partial charge in [-0.15, -0.1) is 0 Å². The van der Waals surface area contributed by atoms with E-state index in [4.69, 9.17) is 4.42 Å². The molecule has 0 saturated heterocycles. The Morgan fingerprint density at radius 3 is 2.69 bits per heavy atom. The molecule has 0 bridgehead atoms. The third kappa shape index (κ3) is 3.35. The Morgan fingerprint density at radius 2 is 2.23 bits per heavy atom. The lowest BCUT2D eigenvalue weighted by Gasteiger charge is -2.02. The van der Waals surface area contributed by atoms with Gasteiger partial charge in [0.15, 0.2) is 0 Å². The van der Waals surface area contributed by atoms with Gasteiger partial charge in [-0.1, -0.05) is 34.6 Å². The molecule has 1 unspecified atom stereocenters. The summed E-state index contributed by atoms with van der Waals surface area (Å²) in [7, 11) is 0. The molecule has 0 aliphatic heterocycles. The van der Waals surface area contributed by atoms with E-state index in [-0.39, 0.29) is 0 Å². The molecule has 0 aliphatic rings. The first-order valence-corrected chi connectivity index (χ1v) is 6.37. The van der Waals surface area contributed by atoms with E-state index >= 15 is 0 Å². The van der Waals surface area contributed by atoms with Crippen LogP contribution in [-0.2, 0) is 0 Å². The number of alkyl halides is 1. The summed E-state index contributed by atoms with van der Waals surface area (Å²) in [6.45, 7) is 6.11. The second-order valence-electron chi connectivity index (χ2n) is 3.19. The molecule has 0 spiro atoms. The lowest BCUT2D eigenvalue weighted by molar-refractivity contribution is 0.430. The van der Waals surface area contributed by atoms with Gasteiger partial charge in [-0.25, -0.2) is 4.98 Å². The summed E-state index contributed by atoms with van der Waals surface area (Å²) < 4.78 is 5.45. The molecule has 1 aromatic rings. The van der Waals surface area contributed by atoms with Crippen molar-refractivity contribution in [2.24, 2.45) is 5.92 Å². The molecule has 0 N–H and O–H groups in total. The Balaban J connectivity index is 2.45. The van der Waals surface area contributed by atoms with Crippen molar-refractivity contribution < 1.29 is 4.42 Å². The monoisotopic (exact) mass is 263 g/mol. The highest BCUT2D eigenvalue weighted by Gasteiger charge is 2.07. The van der Waals surface area contributed by atoms with Crippen molar-refractivity contribution in [3.05, 3.63) is 11.5 Å². The van der Waals surface area contributed by atoms with E-state index in [9.17, 15) is 0 Å². The highest BCUT2D eigenvalue weighted by molar-refractivity contribution is 9.09. The SMILES string of the molecule is Cc1nc(SCC(C)CBr)oc1C. The molecule has 13 heavy (non-hydrogen) atoms. The van der Waals surface area contributed by atoms with Crippen LogP contribution in [0.2, 0.25) is 0 Å². The molecule has 0 fully saturated rings. The van der Waals surface area contributed by atoms with E-state index in [1.807, 2.05) is 13.8 Å². The van der Waals surface area contributed by atoms with Crippen LogP contribution in [0.5, 0.6) is 0 Å². The normalized spacial score (nSPS) is 13.2. The van der Waals surface area contributed by atoms with Crippen LogP contribution in [0.15, 0.2) is 9.64 Å². The van der Waals surface area contributed by atoms with Crippen LogP contribution in [0, 0.1) is 19.8 Å². The molecule has 2 nitrogen and oxygen atoms in total. The highest BCUT2D eigenvalue weighted by atomic mass is 79.9. The van der Waals surface area contributed by atoms with Gasteiger partial charge in [0.1, 0.15) is 5.76 Å². The number of hydrogen-bond acceptors (Lipinski definition) is 3. The van der Waals surface area contributed by atoms with Crippen molar-refractivity contribution in [1.82, 2.24) is 4.98 Å². The first kappa shape index (κ1) is 11.1. The second-order valence-corrected chi connectivity index (χ2v) is 4.81. The average molecular weight is 264 g/mol. The van der Waals surface area contributed by atoms with Crippen LogP contribution < -0.4 is 0 Å². The summed E-state index contributed by atoms with van der Waals surface area (Å²) in [5.41, 5.74) is 0.994. The Labute approximate surface area is 91.6 Å². The van der Waals surface area contributed by atoms with Crippen LogP contribution in [-0.4, -0.2) is 16.1 Å². The van der Waals surface area contributed by atoms with E-state index in [0.717, 1.165) is 27.8 Å². The van der Waals surface area contributed by atoms with E-state index in [1.54, 1.807) is 11.8 Å². The Morgan fingerprint density at radius 1 is 1.54 bits per heavy atom. The fourth-order valence-electron chi connectivity index (χ4n) is 0.763. The van der Waals surface area contributed by atoms with Gasteiger partial charge in [-0.05, 0) is 19.8 Å². The van der Waals surface area contributed by atoms with Gasteiger partial charge < -0.3 is 4.42 Å². The Kier molecular flexibility index (Phi) is 4.32. The maximum atomic E-state index is 5.45. The molecule has 0 saturated carbocycles. The molecule has 0 aromatic carbocycles.